The molecule has 0 unspecified atom stereocenters. The molecule has 0 saturated carbocycles. The molecular weight excluding hydrogens is 508 g/mol. The SMILES string of the molecule is COC(=O)[C@@H](Cc1ccc(OC)c([N+](=O)[O-])c1)NC(=O)CC(c1ccccc1)(c1ccccc1)c1ccccc1. The van der Waals surface area contributed by atoms with Gasteiger partial charge in [-0.1, -0.05) is 97.1 Å². The Balaban J connectivity index is 1.72. The van der Waals surface area contributed by atoms with Gasteiger partial charge in [-0.15, -0.1) is 0 Å². The predicted octanol–water partition coefficient (Wildman–Crippen LogP) is 5.23. The highest BCUT2D eigenvalue weighted by molar-refractivity contribution is 5.86. The van der Waals surface area contributed by atoms with Gasteiger partial charge in [-0.2, -0.15) is 0 Å². The topological polar surface area (TPSA) is 108 Å². The van der Waals surface area contributed by atoms with E-state index in [2.05, 4.69) is 5.32 Å². The number of hydrogen-bond donors (Lipinski definition) is 1. The Morgan fingerprint density at radius 2 is 1.32 bits per heavy atom. The first-order valence-corrected chi connectivity index (χ1v) is 12.7. The van der Waals surface area contributed by atoms with E-state index in [4.69, 9.17) is 9.47 Å². The molecule has 4 aromatic carbocycles. The van der Waals surface area contributed by atoms with E-state index in [9.17, 15) is 19.7 Å². The van der Waals surface area contributed by atoms with Gasteiger partial charge in [-0.25, -0.2) is 4.79 Å². The van der Waals surface area contributed by atoms with Gasteiger partial charge in [0.05, 0.1) is 24.6 Å². The minimum Gasteiger partial charge on any atom is -0.490 e. The monoisotopic (exact) mass is 538 g/mol. The van der Waals surface area contributed by atoms with Crippen molar-refractivity contribution in [3.63, 3.8) is 0 Å². The number of carbonyl (C=O) groups excluding carboxylic acids is 2. The highest BCUT2D eigenvalue weighted by Gasteiger charge is 2.39. The summed E-state index contributed by atoms with van der Waals surface area (Å²) >= 11 is 0. The van der Waals surface area contributed by atoms with E-state index < -0.39 is 22.3 Å². The molecule has 0 aromatic heterocycles. The van der Waals surface area contributed by atoms with Crippen LogP contribution >= 0.6 is 0 Å². The minimum absolute atomic E-state index is 0.00128. The fourth-order valence-corrected chi connectivity index (χ4v) is 5.04. The molecule has 4 rings (SSSR count). The van der Waals surface area contributed by atoms with Gasteiger partial charge in [-0.3, -0.25) is 14.9 Å². The maximum absolute atomic E-state index is 13.8. The molecule has 0 spiro atoms. The van der Waals surface area contributed by atoms with Crippen LogP contribution in [0.15, 0.2) is 109 Å². The third-order valence-corrected chi connectivity index (χ3v) is 6.93. The van der Waals surface area contributed by atoms with E-state index in [0.29, 0.717) is 5.56 Å². The Hall–Kier alpha value is -4.98. The van der Waals surface area contributed by atoms with Crippen molar-refractivity contribution in [2.45, 2.75) is 24.3 Å². The summed E-state index contributed by atoms with van der Waals surface area (Å²) in [7, 11) is 2.58. The zero-order valence-electron chi connectivity index (χ0n) is 22.3. The molecule has 0 heterocycles. The predicted molar refractivity (Wildman–Crippen MR) is 151 cm³/mol. The molecule has 40 heavy (non-hydrogen) atoms. The number of nitrogens with one attached hydrogen (secondary N) is 1. The number of esters is 1. The lowest BCUT2D eigenvalue weighted by molar-refractivity contribution is -0.385. The van der Waals surface area contributed by atoms with E-state index >= 15 is 0 Å². The van der Waals surface area contributed by atoms with Crippen LogP contribution in [0.2, 0.25) is 0 Å². The quantitative estimate of drug-likeness (QED) is 0.121. The highest BCUT2D eigenvalue weighted by atomic mass is 16.6. The number of nitro groups is 1. The molecule has 4 aromatic rings. The Labute approximate surface area is 232 Å². The normalized spacial score (nSPS) is 11.8. The van der Waals surface area contributed by atoms with Gasteiger partial charge in [-0.05, 0) is 28.3 Å². The first-order valence-electron chi connectivity index (χ1n) is 12.7. The first-order chi connectivity index (χ1) is 19.4. The van der Waals surface area contributed by atoms with E-state index in [1.807, 2.05) is 91.0 Å². The number of carbonyl (C=O) groups is 2. The summed E-state index contributed by atoms with van der Waals surface area (Å²) in [5.74, 6) is -0.933. The Morgan fingerprint density at radius 3 is 1.75 bits per heavy atom. The van der Waals surface area contributed by atoms with Crippen LogP contribution in [0.4, 0.5) is 5.69 Å². The van der Waals surface area contributed by atoms with Crippen molar-refractivity contribution in [3.8, 4) is 5.75 Å². The lowest BCUT2D eigenvalue weighted by atomic mass is 9.67. The lowest BCUT2D eigenvalue weighted by Crippen LogP contribution is -2.46. The third kappa shape index (κ3) is 6.02. The van der Waals surface area contributed by atoms with Crippen molar-refractivity contribution in [3.05, 3.63) is 142 Å². The average molecular weight is 539 g/mol. The van der Waals surface area contributed by atoms with Crippen LogP contribution in [0, 0.1) is 10.1 Å². The Bertz CT molecular complexity index is 1360. The van der Waals surface area contributed by atoms with Crippen LogP contribution < -0.4 is 10.1 Å². The van der Waals surface area contributed by atoms with Crippen LogP contribution in [0.5, 0.6) is 5.75 Å². The zero-order valence-corrected chi connectivity index (χ0v) is 22.3. The van der Waals surface area contributed by atoms with Gasteiger partial charge in [0.2, 0.25) is 5.91 Å². The van der Waals surface area contributed by atoms with E-state index in [-0.39, 0.29) is 30.2 Å². The second-order valence-electron chi connectivity index (χ2n) is 9.29. The maximum atomic E-state index is 13.8. The van der Waals surface area contributed by atoms with Gasteiger partial charge in [0.25, 0.3) is 0 Å². The minimum atomic E-state index is -1.06. The molecule has 1 amide bonds. The second kappa shape index (κ2) is 12.7. The third-order valence-electron chi connectivity index (χ3n) is 6.93. The highest BCUT2D eigenvalue weighted by Crippen LogP contribution is 2.42. The average Bonchev–Trinajstić information content (AvgIpc) is 3.00. The zero-order chi connectivity index (χ0) is 28.5. The van der Waals surface area contributed by atoms with Gasteiger partial charge >= 0.3 is 11.7 Å². The van der Waals surface area contributed by atoms with Crippen LogP contribution in [0.3, 0.4) is 0 Å². The van der Waals surface area contributed by atoms with Gasteiger partial charge in [0.1, 0.15) is 6.04 Å². The molecule has 1 N–H and O–H groups in total. The molecule has 0 aliphatic carbocycles. The van der Waals surface area contributed by atoms with E-state index in [1.165, 1.54) is 26.4 Å². The van der Waals surface area contributed by atoms with Crippen LogP contribution in [-0.2, 0) is 26.2 Å². The van der Waals surface area contributed by atoms with Gasteiger partial charge < -0.3 is 14.8 Å². The molecule has 0 fully saturated rings. The molecule has 0 bridgehead atoms. The standard InChI is InChI=1S/C32H30N2O6/c1-39-29-19-18-23(21-28(29)34(37)38)20-27(31(36)40-2)33-30(35)22-32(24-12-6-3-7-13-24,25-14-8-4-9-15-25)26-16-10-5-11-17-26/h3-19,21,27H,20,22H2,1-2H3,(H,33,35)/t27-/m1/s1. The molecular formula is C32H30N2O6. The molecule has 204 valence electrons. The molecule has 0 radical (unpaired) electrons. The number of nitrogens with zero attached hydrogens (tertiary/aromatic N) is 1. The number of benzene rings is 4. The number of methoxy groups -OCH3 is 2. The maximum Gasteiger partial charge on any atom is 0.328 e. The largest absolute Gasteiger partial charge is 0.490 e. The Kier molecular flexibility index (Phi) is 8.91. The van der Waals surface area contributed by atoms with Crippen LogP contribution in [0.25, 0.3) is 0 Å². The summed E-state index contributed by atoms with van der Waals surface area (Å²) in [6, 6.07) is 32.6. The number of hydrogen-bond acceptors (Lipinski definition) is 6. The lowest BCUT2D eigenvalue weighted by Gasteiger charge is -2.36. The van der Waals surface area contributed by atoms with Crippen molar-refractivity contribution in [2.75, 3.05) is 14.2 Å². The summed E-state index contributed by atoms with van der Waals surface area (Å²) < 4.78 is 10.1. The molecule has 1 atom stereocenters. The summed E-state index contributed by atoms with van der Waals surface area (Å²) in [4.78, 5) is 37.6. The van der Waals surface area contributed by atoms with Crippen molar-refractivity contribution >= 4 is 17.6 Å². The summed E-state index contributed by atoms with van der Waals surface area (Å²) in [6.45, 7) is 0. The molecule has 0 aliphatic heterocycles. The summed E-state index contributed by atoms with van der Waals surface area (Å²) in [6.07, 6.45) is -0.000443. The molecule has 8 nitrogen and oxygen atoms in total. The van der Waals surface area contributed by atoms with Crippen molar-refractivity contribution in [1.82, 2.24) is 5.32 Å². The molecule has 8 heteroatoms. The van der Waals surface area contributed by atoms with Gasteiger partial charge in [0, 0.05) is 18.9 Å². The summed E-state index contributed by atoms with van der Waals surface area (Å²) in [5.41, 5.74) is 2.15. The fourth-order valence-electron chi connectivity index (χ4n) is 5.04. The number of amides is 1. The van der Waals surface area contributed by atoms with Crippen molar-refractivity contribution in [1.29, 1.82) is 0 Å². The van der Waals surface area contributed by atoms with Crippen LogP contribution in [-0.4, -0.2) is 37.1 Å². The fraction of sp³-hybridized carbons (Fsp3) is 0.188. The van der Waals surface area contributed by atoms with E-state index in [1.54, 1.807) is 6.07 Å². The van der Waals surface area contributed by atoms with Crippen molar-refractivity contribution in [2.24, 2.45) is 0 Å². The number of nitro benzene ring substituents is 1. The van der Waals surface area contributed by atoms with E-state index in [0.717, 1.165) is 16.7 Å². The Morgan fingerprint density at radius 1 is 0.825 bits per heavy atom. The molecule has 0 saturated heterocycles. The number of ether oxygens (including phenoxy) is 2. The van der Waals surface area contributed by atoms with Crippen molar-refractivity contribution < 1.29 is 24.0 Å². The number of rotatable bonds is 11. The smallest absolute Gasteiger partial charge is 0.328 e. The summed E-state index contributed by atoms with van der Waals surface area (Å²) in [5, 5.41) is 14.4. The second-order valence-corrected chi connectivity index (χ2v) is 9.29. The van der Waals surface area contributed by atoms with Gasteiger partial charge in [0.15, 0.2) is 5.75 Å². The molecule has 0 aliphatic rings. The van der Waals surface area contributed by atoms with Crippen LogP contribution in [0.1, 0.15) is 28.7 Å². The first kappa shape index (κ1) is 28.0.